The number of carbonyl (C=O) groups is 3. The van der Waals surface area contributed by atoms with Crippen molar-refractivity contribution in [2.45, 2.75) is 19.0 Å². The zero-order valence-electron chi connectivity index (χ0n) is 21.0. The number of nitrogen functional groups attached to an aromatic ring is 1. The van der Waals surface area contributed by atoms with Crippen molar-refractivity contribution in [1.82, 2.24) is 10.5 Å². The second kappa shape index (κ2) is 9.64. The Morgan fingerprint density at radius 3 is 2.39 bits per heavy atom. The quantitative estimate of drug-likeness (QED) is 0.336. The number of anilines is 3. The lowest BCUT2D eigenvalue weighted by molar-refractivity contribution is -0.133. The average molecular weight is 513 g/mol. The fourth-order valence-corrected chi connectivity index (χ4v) is 4.82. The third-order valence-corrected chi connectivity index (χ3v) is 7.28. The molecule has 4 aromatic rings. The van der Waals surface area contributed by atoms with Gasteiger partial charge in [-0.1, -0.05) is 29.4 Å². The molecular weight excluding hydrogens is 484 g/mol. The Bertz CT molecular complexity index is 1530. The van der Waals surface area contributed by atoms with Gasteiger partial charge in [0.15, 0.2) is 5.58 Å². The van der Waals surface area contributed by atoms with Crippen molar-refractivity contribution in [3.8, 4) is 0 Å². The number of fused-ring (bicyclic) bond motifs is 2. The Hall–Kier alpha value is -4.70. The Morgan fingerprint density at radius 1 is 1.05 bits per heavy atom. The Balaban J connectivity index is 1.67. The van der Waals surface area contributed by atoms with Crippen LogP contribution in [-0.2, 0) is 16.1 Å². The van der Waals surface area contributed by atoms with E-state index in [1.54, 1.807) is 73.5 Å². The van der Waals surface area contributed by atoms with Gasteiger partial charge in [0.2, 0.25) is 11.8 Å². The lowest BCUT2D eigenvalue weighted by Gasteiger charge is -2.36. The molecule has 5 N–H and O–H groups in total. The van der Waals surface area contributed by atoms with Crippen LogP contribution in [0.4, 0.5) is 17.1 Å². The zero-order valence-corrected chi connectivity index (χ0v) is 21.0. The minimum atomic E-state index is -1.46. The van der Waals surface area contributed by atoms with Crippen LogP contribution in [0, 0.1) is 5.92 Å². The van der Waals surface area contributed by atoms with E-state index in [1.165, 1.54) is 4.90 Å². The largest absolute Gasteiger partial charge is 0.399 e. The molecule has 0 fully saturated rings. The summed E-state index contributed by atoms with van der Waals surface area (Å²) in [5, 5.41) is 7.91. The molecule has 3 aromatic carbocycles. The normalized spacial score (nSPS) is 17.1. The zero-order chi connectivity index (χ0) is 27.0. The molecule has 2 atom stereocenters. The van der Waals surface area contributed by atoms with Crippen molar-refractivity contribution >= 4 is 45.8 Å². The number of nitrogens with one attached hydrogen (secondary N) is 1. The molecule has 0 saturated carbocycles. The van der Waals surface area contributed by atoms with Crippen LogP contribution in [-0.4, -0.2) is 42.0 Å². The average Bonchev–Trinajstić information content (AvgIpc) is 3.29. The van der Waals surface area contributed by atoms with Crippen LogP contribution in [0.15, 0.2) is 77.3 Å². The molecule has 10 heteroatoms. The summed E-state index contributed by atoms with van der Waals surface area (Å²) in [6.45, 7) is 1.55. The molecule has 1 unspecified atom stereocenters. The van der Waals surface area contributed by atoms with Gasteiger partial charge in [-0.3, -0.25) is 14.4 Å². The first-order valence-electron chi connectivity index (χ1n) is 12.1. The molecule has 38 heavy (non-hydrogen) atoms. The molecule has 1 aliphatic heterocycles. The molecular formula is C28H28N6O4. The monoisotopic (exact) mass is 512 g/mol. The lowest BCUT2D eigenvalue weighted by atomic mass is 9.83. The number of rotatable bonds is 6. The van der Waals surface area contributed by atoms with Crippen LogP contribution in [0.3, 0.4) is 0 Å². The first-order chi connectivity index (χ1) is 18.2. The van der Waals surface area contributed by atoms with Crippen molar-refractivity contribution in [1.29, 1.82) is 0 Å². The molecule has 0 aliphatic carbocycles. The summed E-state index contributed by atoms with van der Waals surface area (Å²) in [4.78, 5) is 43.9. The van der Waals surface area contributed by atoms with E-state index < -0.39 is 17.4 Å². The molecule has 0 bridgehead atoms. The van der Waals surface area contributed by atoms with Crippen molar-refractivity contribution in [2.24, 2.45) is 11.7 Å². The second-order valence-electron chi connectivity index (χ2n) is 9.45. The van der Waals surface area contributed by atoms with Gasteiger partial charge in [-0.15, -0.1) is 0 Å². The highest BCUT2D eigenvalue weighted by Crippen LogP contribution is 2.39. The fraction of sp³-hybridized carbons (Fsp3) is 0.214. The molecule has 194 valence electrons. The van der Waals surface area contributed by atoms with Crippen LogP contribution in [0.25, 0.3) is 11.0 Å². The number of nitrogens with zero attached hydrogens (tertiary/aromatic N) is 3. The van der Waals surface area contributed by atoms with Crippen LogP contribution >= 0.6 is 0 Å². The van der Waals surface area contributed by atoms with Crippen molar-refractivity contribution in [2.75, 3.05) is 29.1 Å². The van der Waals surface area contributed by atoms with Crippen LogP contribution < -0.4 is 26.6 Å². The minimum absolute atomic E-state index is 0.0613. The van der Waals surface area contributed by atoms with Crippen molar-refractivity contribution < 1.29 is 18.9 Å². The number of hydrogen-bond acceptors (Lipinski definition) is 7. The van der Waals surface area contributed by atoms with Gasteiger partial charge in [-0.05, 0) is 62.5 Å². The highest BCUT2D eigenvalue weighted by atomic mass is 16.5. The van der Waals surface area contributed by atoms with Gasteiger partial charge in [-0.2, -0.15) is 0 Å². The van der Waals surface area contributed by atoms with E-state index in [-0.39, 0.29) is 24.9 Å². The number of hydrogen-bond donors (Lipinski definition) is 3. The van der Waals surface area contributed by atoms with E-state index in [4.69, 9.17) is 16.0 Å². The summed E-state index contributed by atoms with van der Waals surface area (Å²) < 4.78 is 5.48. The van der Waals surface area contributed by atoms with E-state index in [0.717, 1.165) is 5.39 Å². The first-order valence-corrected chi connectivity index (χ1v) is 12.1. The van der Waals surface area contributed by atoms with Gasteiger partial charge in [0.05, 0.1) is 23.8 Å². The Morgan fingerprint density at radius 2 is 1.71 bits per heavy atom. The number of aromatic nitrogens is 1. The molecule has 3 amide bonds. The minimum Gasteiger partial charge on any atom is -0.399 e. The summed E-state index contributed by atoms with van der Waals surface area (Å²) in [5.41, 5.74) is 13.3. The van der Waals surface area contributed by atoms with Gasteiger partial charge < -0.3 is 31.1 Å². The summed E-state index contributed by atoms with van der Waals surface area (Å²) in [7, 11) is 1.57. The fourth-order valence-electron chi connectivity index (χ4n) is 4.82. The summed E-state index contributed by atoms with van der Waals surface area (Å²) in [6.07, 6.45) is 0. The molecule has 10 nitrogen and oxygen atoms in total. The maximum atomic E-state index is 14.3. The second-order valence-corrected chi connectivity index (χ2v) is 9.45. The van der Waals surface area contributed by atoms with Crippen LogP contribution in [0.2, 0.25) is 0 Å². The number of likely N-dealkylation sites (N-methyl/N-ethyl adjacent to an activating group) is 1. The van der Waals surface area contributed by atoms with Gasteiger partial charge >= 0.3 is 0 Å². The standard InChI is InChI=1S/C28H28N6O4/c1-28(31-2,27(30)37)20-15-33(25(35)17-11-13-18(29)14-12-17)22-8-4-5-9-23(22)34(26(20)36)16-21-19-7-3-6-10-24(19)38-32-21/h3-14,20,31H,15-16,29H2,1-2H3,(H2,30,37)/t20-,28?/m1/s1. The van der Waals surface area contributed by atoms with E-state index >= 15 is 0 Å². The number of primary amides is 1. The SMILES string of the molecule is CNC(C)(C(N)=O)[C@@H]1CN(C(=O)c2ccc(N)cc2)c2ccccc2N(Cc2noc3ccccc23)C1=O. The number of para-hydroxylation sites is 3. The Labute approximate surface area is 219 Å². The third kappa shape index (κ3) is 4.14. The highest BCUT2D eigenvalue weighted by molar-refractivity contribution is 6.12. The summed E-state index contributed by atoms with van der Waals surface area (Å²) in [6, 6.07) is 21.0. The number of carbonyl (C=O) groups excluding carboxylic acids is 3. The molecule has 1 aromatic heterocycles. The summed E-state index contributed by atoms with van der Waals surface area (Å²) in [5.74, 6) is -2.45. The predicted molar refractivity (Wildman–Crippen MR) is 144 cm³/mol. The van der Waals surface area contributed by atoms with Crippen LogP contribution in [0.5, 0.6) is 0 Å². The molecule has 0 saturated heterocycles. The summed E-state index contributed by atoms with van der Waals surface area (Å²) >= 11 is 0. The smallest absolute Gasteiger partial charge is 0.258 e. The number of amides is 3. The molecule has 0 radical (unpaired) electrons. The highest BCUT2D eigenvalue weighted by Gasteiger charge is 2.48. The Kier molecular flexibility index (Phi) is 6.33. The molecule has 2 heterocycles. The number of nitrogens with two attached hydrogens (primary N) is 2. The molecule has 0 spiro atoms. The van der Waals surface area contributed by atoms with E-state index in [2.05, 4.69) is 10.5 Å². The molecule has 5 rings (SSSR count). The van der Waals surface area contributed by atoms with Crippen molar-refractivity contribution in [3.63, 3.8) is 0 Å². The van der Waals surface area contributed by atoms with Gasteiger partial charge in [0, 0.05) is 23.2 Å². The van der Waals surface area contributed by atoms with Gasteiger partial charge in [0.25, 0.3) is 5.91 Å². The van der Waals surface area contributed by atoms with Gasteiger partial charge in [-0.25, -0.2) is 0 Å². The van der Waals surface area contributed by atoms with E-state index in [9.17, 15) is 14.4 Å². The van der Waals surface area contributed by atoms with E-state index in [0.29, 0.717) is 33.9 Å². The van der Waals surface area contributed by atoms with Crippen molar-refractivity contribution in [3.05, 3.63) is 84.1 Å². The van der Waals surface area contributed by atoms with Crippen LogP contribution in [0.1, 0.15) is 23.0 Å². The first kappa shape index (κ1) is 25.0. The maximum absolute atomic E-state index is 14.3. The third-order valence-electron chi connectivity index (χ3n) is 7.28. The number of benzene rings is 3. The lowest BCUT2D eigenvalue weighted by Crippen LogP contribution is -2.63. The topological polar surface area (TPSA) is 148 Å². The maximum Gasteiger partial charge on any atom is 0.258 e. The predicted octanol–water partition coefficient (Wildman–Crippen LogP) is 2.68. The van der Waals surface area contributed by atoms with Gasteiger partial charge in [0.1, 0.15) is 11.2 Å². The molecule has 1 aliphatic rings. The van der Waals surface area contributed by atoms with E-state index in [1.807, 2.05) is 18.2 Å².